The number of piperazine rings is 1. The number of nitrogens with one attached hydrogen (secondary N) is 2. The summed E-state index contributed by atoms with van der Waals surface area (Å²) in [5.41, 5.74) is 3.43. The fourth-order valence-electron chi connectivity index (χ4n) is 3.40. The molecule has 26 heavy (non-hydrogen) atoms. The molecule has 0 bridgehead atoms. The SMILES string of the molecule is CCc1cccc(CC)c1NC(=O)CCN1CCN(c2ncn[nH]2)CC1. The largest absolute Gasteiger partial charge is 0.339 e. The van der Waals surface area contributed by atoms with Crippen LogP contribution in [0.5, 0.6) is 0 Å². The maximum Gasteiger partial charge on any atom is 0.225 e. The Morgan fingerprint density at radius 2 is 1.85 bits per heavy atom. The maximum absolute atomic E-state index is 12.5. The molecule has 1 saturated heterocycles. The van der Waals surface area contributed by atoms with E-state index in [4.69, 9.17) is 0 Å². The standard InChI is InChI=1S/C19H28N6O/c1-3-15-6-5-7-16(4-2)18(15)22-17(26)8-9-24-10-12-25(13-11-24)19-20-14-21-23-19/h5-7,14H,3-4,8-13H2,1-2H3,(H,22,26)(H,20,21,23). The van der Waals surface area contributed by atoms with Crippen molar-refractivity contribution in [2.75, 3.05) is 42.9 Å². The van der Waals surface area contributed by atoms with Gasteiger partial charge in [0.05, 0.1) is 0 Å². The molecular formula is C19H28N6O. The second-order valence-electron chi connectivity index (χ2n) is 6.59. The van der Waals surface area contributed by atoms with Gasteiger partial charge in [-0.2, -0.15) is 10.1 Å². The second-order valence-corrected chi connectivity index (χ2v) is 6.59. The van der Waals surface area contributed by atoms with Gasteiger partial charge in [0.25, 0.3) is 0 Å². The second kappa shape index (κ2) is 8.80. The van der Waals surface area contributed by atoms with Crippen LogP contribution >= 0.6 is 0 Å². The van der Waals surface area contributed by atoms with Gasteiger partial charge >= 0.3 is 0 Å². The number of benzene rings is 1. The van der Waals surface area contributed by atoms with E-state index in [1.54, 1.807) is 0 Å². The van der Waals surface area contributed by atoms with Crippen LogP contribution in [0.3, 0.4) is 0 Å². The number of aryl methyl sites for hydroxylation is 2. The maximum atomic E-state index is 12.5. The number of H-pyrrole nitrogens is 1. The Labute approximate surface area is 154 Å². The Hall–Kier alpha value is -2.41. The van der Waals surface area contributed by atoms with E-state index in [1.165, 1.54) is 17.5 Å². The molecule has 7 nitrogen and oxygen atoms in total. The minimum atomic E-state index is 0.0956. The van der Waals surface area contributed by atoms with Gasteiger partial charge in [0.1, 0.15) is 6.33 Å². The number of nitrogens with zero attached hydrogens (tertiary/aromatic N) is 4. The summed E-state index contributed by atoms with van der Waals surface area (Å²) >= 11 is 0. The molecule has 7 heteroatoms. The van der Waals surface area contributed by atoms with Gasteiger partial charge in [0.15, 0.2) is 0 Å². The highest BCUT2D eigenvalue weighted by molar-refractivity contribution is 5.92. The van der Waals surface area contributed by atoms with Crippen LogP contribution in [0, 0.1) is 0 Å². The van der Waals surface area contributed by atoms with Crippen LogP contribution < -0.4 is 10.2 Å². The monoisotopic (exact) mass is 356 g/mol. The number of hydrogen-bond donors (Lipinski definition) is 2. The zero-order valence-electron chi connectivity index (χ0n) is 15.7. The van der Waals surface area contributed by atoms with E-state index in [2.05, 4.69) is 62.3 Å². The lowest BCUT2D eigenvalue weighted by atomic mass is 10.0. The summed E-state index contributed by atoms with van der Waals surface area (Å²) in [4.78, 5) is 21.2. The number of aromatic amines is 1. The van der Waals surface area contributed by atoms with E-state index < -0.39 is 0 Å². The third kappa shape index (κ3) is 4.40. The lowest BCUT2D eigenvalue weighted by molar-refractivity contribution is -0.116. The van der Waals surface area contributed by atoms with Gasteiger partial charge in [-0.1, -0.05) is 32.0 Å². The smallest absolute Gasteiger partial charge is 0.225 e. The molecule has 0 aliphatic carbocycles. The zero-order chi connectivity index (χ0) is 18.4. The third-order valence-electron chi connectivity index (χ3n) is 4.99. The summed E-state index contributed by atoms with van der Waals surface area (Å²) < 4.78 is 0. The van der Waals surface area contributed by atoms with E-state index >= 15 is 0 Å². The van der Waals surface area contributed by atoms with E-state index in [-0.39, 0.29) is 5.91 Å². The summed E-state index contributed by atoms with van der Waals surface area (Å²) in [7, 11) is 0. The molecule has 1 fully saturated rings. The van der Waals surface area contributed by atoms with Crippen molar-refractivity contribution in [2.24, 2.45) is 0 Å². The van der Waals surface area contributed by atoms with Crippen LogP contribution in [-0.2, 0) is 17.6 Å². The normalized spacial score (nSPS) is 15.2. The molecule has 3 rings (SSSR count). The Bertz CT molecular complexity index is 685. The Kier molecular flexibility index (Phi) is 6.22. The van der Waals surface area contributed by atoms with Crippen LogP contribution in [0.15, 0.2) is 24.5 Å². The molecule has 1 aromatic heterocycles. The molecule has 0 saturated carbocycles. The first-order valence-electron chi connectivity index (χ1n) is 9.44. The molecule has 2 heterocycles. The van der Waals surface area contributed by atoms with Gasteiger partial charge in [0, 0.05) is 44.8 Å². The first-order chi connectivity index (χ1) is 12.7. The molecule has 1 aliphatic heterocycles. The summed E-state index contributed by atoms with van der Waals surface area (Å²) in [6, 6.07) is 6.26. The van der Waals surface area contributed by atoms with Crippen molar-refractivity contribution in [3.8, 4) is 0 Å². The highest BCUT2D eigenvalue weighted by atomic mass is 16.1. The fourth-order valence-corrected chi connectivity index (χ4v) is 3.40. The van der Waals surface area contributed by atoms with Crippen molar-refractivity contribution in [1.82, 2.24) is 20.1 Å². The lowest BCUT2D eigenvalue weighted by Crippen LogP contribution is -2.47. The summed E-state index contributed by atoms with van der Waals surface area (Å²) in [5, 5.41) is 9.96. The van der Waals surface area contributed by atoms with Crippen molar-refractivity contribution in [1.29, 1.82) is 0 Å². The van der Waals surface area contributed by atoms with Gasteiger partial charge < -0.3 is 10.2 Å². The van der Waals surface area contributed by atoms with Crippen molar-refractivity contribution < 1.29 is 4.79 Å². The molecule has 140 valence electrons. The van der Waals surface area contributed by atoms with Crippen molar-refractivity contribution in [3.63, 3.8) is 0 Å². The fraction of sp³-hybridized carbons (Fsp3) is 0.526. The van der Waals surface area contributed by atoms with Gasteiger partial charge in [-0.05, 0) is 24.0 Å². The van der Waals surface area contributed by atoms with Gasteiger partial charge in [-0.25, -0.2) is 5.10 Å². The summed E-state index contributed by atoms with van der Waals surface area (Å²) in [6.45, 7) is 8.69. The molecule has 1 aliphatic rings. The highest BCUT2D eigenvalue weighted by Gasteiger charge is 2.19. The summed E-state index contributed by atoms with van der Waals surface area (Å²) in [6.07, 6.45) is 3.90. The highest BCUT2D eigenvalue weighted by Crippen LogP contribution is 2.22. The number of carbonyl (C=O) groups excluding carboxylic acids is 1. The number of aromatic nitrogens is 3. The van der Waals surface area contributed by atoms with Crippen LogP contribution in [0.1, 0.15) is 31.4 Å². The van der Waals surface area contributed by atoms with E-state index in [1.807, 2.05) is 0 Å². The van der Waals surface area contributed by atoms with E-state index in [0.717, 1.165) is 57.2 Å². The quantitative estimate of drug-likeness (QED) is 0.794. The van der Waals surface area contributed by atoms with E-state index in [0.29, 0.717) is 6.42 Å². The molecule has 1 aromatic carbocycles. The van der Waals surface area contributed by atoms with Gasteiger partial charge in [0.2, 0.25) is 11.9 Å². The van der Waals surface area contributed by atoms with E-state index in [9.17, 15) is 4.79 Å². The molecule has 0 atom stereocenters. The lowest BCUT2D eigenvalue weighted by Gasteiger charge is -2.34. The number of rotatable bonds is 7. The van der Waals surface area contributed by atoms with Gasteiger partial charge in [-0.15, -0.1) is 0 Å². The number of amides is 1. The van der Waals surface area contributed by atoms with Crippen molar-refractivity contribution in [3.05, 3.63) is 35.7 Å². The van der Waals surface area contributed by atoms with Crippen LogP contribution in [-0.4, -0.2) is 58.7 Å². The van der Waals surface area contributed by atoms with Crippen LogP contribution in [0.2, 0.25) is 0 Å². The molecule has 2 aromatic rings. The molecule has 1 amide bonds. The first-order valence-corrected chi connectivity index (χ1v) is 9.44. The predicted octanol–water partition coefficient (Wildman–Crippen LogP) is 2.08. The van der Waals surface area contributed by atoms with Crippen molar-refractivity contribution in [2.45, 2.75) is 33.1 Å². The Morgan fingerprint density at radius 1 is 1.15 bits per heavy atom. The topological polar surface area (TPSA) is 77.2 Å². The first kappa shape index (κ1) is 18.4. The molecule has 0 radical (unpaired) electrons. The van der Waals surface area contributed by atoms with Crippen LogP contribution in [0.25, 0.3) is 0 Å². The number of anilines is 2. The molecule has 0 spiro atoms. The minimum Gasteiger partial charge on any atom is -0.339 e. The number of carbonyl (C=O) groups is 1. The Morgan fingerprint density at radius 3 is 2.42 bits per heavy atom. The molecular weight excluding hydrogens is 328 g/mol. The number of hydrogen-bond acceptors (Lipinski definition) is 5. The number of para-hydroxylation sites is 1. The zero-order valence-corrected chi connectivity index (χ0v) is 15.7. The minimum absolute atomic E-state index is 0.0956. The Balaban J connectivity index is 1.48. The van der Waals surface area contributed by atoms with Crippen molar-refractivity contribution >= 4 is 17.5 Å². The average Bonchev–Trinajstić information content (AvgIpc) is 3.21. The molecule has 0 unspecified atom stereocenters. The van der Waals surface area contributed by atoms with Gasteiger partial charge in [-0.3, -0.25) is 9.69 Å². The van der Waals surface area contributed by atoms with Crippen LogP contribution in [0.4, 0.5) is 11.6 Å². The predicted molar refractivity (Wildman–Crippen MR) is 103 cm³/mol. The summed E-state index contributed by atoms with van der Waals surface area (Å²) in [5.74, 6) is 0.920. The third-order valence-corrected chi connectivity index (χ3v) is 4.99. The molecule has 2 N–H and O–H groups in total. The average molecular weight is 356 g/mol.